The highest BCUT2D eigenvalue weighted by Crippen LogP contribution is 2.39. The van der Waals surface area contributed by atoms with Crippen molar-refractivity contribution in [2.45, 2.75) is 58.4 Å². The molecule has 0 amide bonds. The summed E-state index contributed by atoms with van der Waals surface area (Å²) in [6.45, 7) is 11.4. The highest BCUT2D eigenvalue weighted by Gasteiger charge is 2.29. The molecule has 0 saturated carbocycles. The smallest absolute Gasteiger partial charge is 0.0382 e. The lowest BCUT2D eigenvalue weighted by atomic mass is 9.81. The molecule has 1 atom stereocenters. The number of nitrogens with one attached hydrogen (secondary N) is 1. The van der Waals surface area contributed by atoms with Crippen LogP contribution in [-0.4, -0.2) is 5.54 Å². The topological polar surface area (TPSA) is 12.0 Å². The summed E-state index contributed by atoms with van der Waals surface area (Å²) < 4.78 is 0. The van der Waals surface area contributed by atoms with E-state index >= 15 is 0 Å². The summed E-state index contributed by atoms with van der Waals surface area (Å²) in [4.78, 5) is 0. The molecule has 16 heavy (non-hydrogen) atoms. The molecule has 0 bridgehead atoms. The van der Waals surface area contributed by atoms with E-state index in [1.165, 1.54) is 23.2 Å². The van der Waals surface area contributed by atoms with Gasteiger partial charge in [-0.1, -0.05) is 32.9 Å². The van der Waals surface area contributed by atoms with Gasteiger partial charge in [0.2, 0.25) is 0 Å². The van der Waals surface area contributed by atoms with Crippen LogP contribution in [0.4, 0.5) is 5.69 Å². The van der Waals surface area contributed by atoms with Crippen LogP contribution in [0.5, 0.6) is 0 Å². The van der Waals surface area contributed by atoms with E-state index in [9.17, 15) is 0 Å². The van der Waals surface area contributed by atoms with Crippen LogP contribution in [0.2, 0.25) is 0 Å². The number of hydrogen-bond acceptors (Lipinski definition) is 1. The summed E-state index contributed by atoms with van der Waals surface area (Å²) in [6, 6.07) is 6.91. The van der Waals surface area contributed by atoms with Gasteiger partial charge in [0.1, 0.15) is 0 Å². The SMILES string of the molecule is CC(C)c1ccc2c(c1)NC(C)(C)CC2C. The summed E-state index contributed by atoms with van der Waals surface area (Å²) in [5.41, 5.74) is 4.47. The summed E-state index contributed by atoms with van der Waals surface area (Å²) in [6.07, 6.45) is 1.21. The Balaban J connectivity index is 2.42. The Kier molecular flexibility index (Phi) is 2.73. The Labute approximate surface area is 99.3 Å². The van der Waals surface area contributed by atoms with Crippen LogP contribution < -0.4 is 5.32 Å². The van der Waals surface area contributed by atoms with Crippen molar-refractivity contribution in [1.82, 2.24) is 0 Å². The van der Waals surface area contributed by atoms with E-state index in [-0.39, 0.29) is 5.54 Å². The molecule has 1 aromatic rings. The monoisotopic (exact) mass is 217 g/mol. The minimum Gasteiger partial charge on any atom is -0.380 e. The first-order valence-electron chi connectivity index (χ1n) is 6.31. The minimum absolute atomic E-state index is 0.224. The van der Waals surface area contributed by atoms with Crippen LogP contribution in [0, 0.1) is 0 Å². The Morgan fingerprint density at radius 3 is 2.62 bits per heavy atom. The van der Waals surface area contributed by atoms with E-state index in [2.05, 4.69) is 58.1 Å². The van der Waals surface area contributed by atoms with Crippen LogP contribution in [0.1, 0.15) is 64.0 Å². The quantitative estimate of drug-likeness (QED) is 0.730. The average molecular weight is 217 g/mol. The van der Waals surface area contributed by atoms with Crippen molar-refractivity contribution in [3.8, 4) is 0 Å². The summed E-state index contributed by atoms with van der Waals surface area (Å²) in [7, 11) is 0. The standard InChI is InChI=1S/C15H23N/c1-10(2)12-6-7-13-11(3)9-15(4,5)16-14(13)8-12/h6-8,10-11,16H,9H2,1-5H3. The first-order valence-corrected chi connectivity index (χ1v) is 6.31. The zero-order valence-corrected chi connectivity index (χ0v) is 11.1. The second kappa shape index (κ2) is 3.80. The fraction of sp³-hybridized carbons (Fsp3) is 0.600. The lowest BCUT2D eigenvalue weighted by Gasteiger charge is -2.38. The Hall–Kier alpha value is -0.980. The third-order valence-electron chi connectivity index (χ3n) is 3.56. The molecule has 1 aliphatic rings. The first kappa shape index (κ1) is 11.5. The van der Waals surface area contributed by atoms with Gasteiger partial charge in [-0.2, -0.15) is 0 Å². The number of fused-ring (bicyclic) bond motifs is 1. The summed E-state index contributed by atoms with van der Waals surface area (Å²) in [5, 5.41) is 3.66. The molecule has 1 heterocycles. The van der Waals surface area contributed by atoms with Crippen LogP contribution in [0.25, 0.3) is 0 Å². The number of anilines is 1. The Morgan fingerprint density at radius 1 is 1.31 bits per heavy atom. The van der Waals surface area contributed by atoms with Gasteiger partial charge < -0.3 is 5.32 Å². The molecule has 88 valence electrons. The van der Waals surface area contributed by atoms with Crippen molar-refractivity contribution in [3.63, 3.8) is 0 Å². The molecule has 0 aromatic heterocycles. The predicted octanol–water partition coefficient (Wildman–Crippen LogP) is 4.51. The van der Waals surface area contributed by atoms with Gasteiger partial charge in [-0.15, -0.1) is 0 Å². The van der Waals surface area contributed by atoms with Crippen LogP contribution in [0.15, 0.2) is 18.2 Å². The van der Waals surface area contributed by atoms with Crippen molar-refractivity contribution in [2.75, 3.05) is 5.32 Å². The van der Waals surface area contributed by atoms with E-state index in [1.54, 1.807) is 0 Å². The second-order valence-electron chi connectivity index (χ2n) is 6.12. The molecule has 1 unspecified atom stereocenters. The maximum Gasteiger partial charge on any atom is 0.0382 e. The van der Waals surface area contributed by atoms with E-state index in [0.717, 1.165) is 0 Å². The molecule has 1 aliphatic heterocycles. The van der Waals surface area contributed by atoms with Gasteiger partial charge in [-0.25, -0.2) is 0 Å². The van der Waals surface area contributed by atoms with Gasteiger partial charge in [0.15, 0.2) is 0 Å². The fourth-order valence-electron chi connectivity index (χ4n) is 2.76. The molecule has 0 spiro atoms. The van der Waals surface area contributed by atoms with E-state index in [4.69, 9.17) is 0 Å². The fourth-order valence-corrected chi connectivity index (χ4v) is 2.76. The largest absolute Gasteiger partial charge is 0.380 e. The normalized spacial score (nSPS) is 22.8. The second-order valence-corrected chi connectivity index (χ2v) is 6.12. The number of hydrogen-bond donors (Lipinski definition) is 1. The molecular formula is C15H23N. The van der Waals surface area contributed by atoms with E-state index < -0.39 is 0 Å². The highest BCUT2D eigenvalue weighted by atomic mass is 15.0. The maximum atomic E-state index is 3.66. The Morgan fingerprint density at radius 2 is 2.00 bits per heavy atom. The molecule has 1 N–H and O–H groups in total. The van der Waals surface area contributed by atoms with Crippen molar-refractivity contribution >= 4 is 5.69 Å². The van der Waals surface area contributed by atoms with Gasteiger partial charge in [0, 0.05) is 11.2 Å². The number of benzene rings is 1. The maximum absolute atomic E-state index is 3.66. The molecule has 1 aromatic carbocycles. The third kappa shape index (κ3) is 2.09. The van der Waals surface area contributed by atoms with Gasteiger partial charge in [0.25, 0.3) is 0 Å². The van der Waals surface area contributed by atoms with Crippen molar-refractivity contribution in [3.05, 3.63) is 29.3 Å². The van der Waals surface area contributed by atoms with Crippen molar-refractivity contribution in [1.29, 1.82) is 0 Å². The molecule has 1 heteroatoms. The molecule has 0 aliphatic carbocycles. The molecular weight excluding hydrogens is 194 g/mol. The number of rotatable bonds is 1. The van der Waals surface area contributed by atoms with Gasteiger partial charge in [-0.05, 0) is 49.3 Å². The summed E-state index contributed by atoms with van der Waals surface area (Å²) in [5.74, 6) is 1.26. The molecule has 2 rings (SSSR count). The van der Waals surface area contributed by atoms with Crippen LogP contribution in [-0.2, 0) is 0 Å². The minimum atomic E-state index is 0.224. The Bertz CT molecular complexity index is 390. The zero-order valence-electron chi connectivity index (χ0n) is 11.1. The predicted molar refractivity (Wildman–Crippen MR) is 71.3 cm³/mol. The van der Waals surface area contributed by atoms with Crippen molar-refractivity contribution in [2.24, 2.45) is 0 Å². The zero-order chi connectivity index (χ0) is 11.9. The molecule has 0 saturated heterocycles. The highest BCUT2D eigenvalue weighted by molar-refractivity contribution is 5.58. The van der Waals surface area contributed by atoms with Gasteiger partial charge in [0.05, 0.1) is 0 Å². The lowest BCUT2D eigenvalue weighted by molar-refractivity contribution is 0.454. The molecule has 0 fully saturated rings. The van der Waals surface area contributed by atoms with E-state index in [0.29, 0.717) is 11.8 Å². The summed E-state index contributed by atoms with van der Waals surface area (Å²) >= 11 is 0. The lowest BCUT2D eigenvalue weighted by Crippen LogP contribution is -2.36. The van der Waals surface area contributed by atoms with Crippen molar-refractivity contribution < 1.29 is 0 Å². The average Bonchev–Trinajstić information content (AvgIpc) is 2.14. The van der Waals surface area contributed by atoms with Crippen LogP contribution >= 0.6 is 0 Å². The third-order valence-corrected chi connectivity index (χ3v) is 3.56. The van der Waals surface area contributed by atoms with Gasteiger partial charge in [-0.3, -0.25) is 0 Å². The van der Waals surface area contributed by atoms with Crippen LogP contribution in [0.3, 0.4) is 0 Å². The molecule has 0 radical (unpaired) electrons. The first-order chi connectivity index (χ1) is 7.39. The van der Waals surface area contributed by atoms with E-state index in [1.807, 2.05) is 0 Å². The van der Waals surface area contributed by atoms with Gasteiger partial charge >= 0.3 is 0 Å². The molecule has 1 nitrogen and oxygen atoms in total.